The van der Waals surface area contributed by atoms with Gasteiger partial charge in [-0.2, -0.15) is 0 Å². The third-order valence-electron chi connectivity index (χ3n) is 8.03. The van der Waals surface area contributed by atoms with Crippen LogP contribution in [0.5, 0.6) is 0 Å². The largest absolute Gasteiger partial charge is 0.467 e. The highest BCUT2D eigenvalue weighted by Gasteiger charge is 2.65. The third-order valence-corrected chi connectivity index (χ3v) is 8.03. The van der Waals surface area contributed by atoms with E-state index in [1.54, 1.807) is 66.7 Å². The molecular formula is C32H23FN2O5. The number of benzene rings is 3. The molecule has 2 amide bonds. The Hall–Kier alpha value is -4.98. The minimum atomic E-state index is -1.82. The maximum atomic E-state index is 14.8. The highest BCUT2D eigenvalue weighted by Crippen LogP contribution is 2.53. The van der Waals surface area contributed by atoms with E-state index in [0.29, 0.717) is 22.6 Å². The normalized spacial score (nSPS) is 17.8. The first-order valence-electron chi connectivity index (χ1n) is 12.9. The van der Waals surface area contributed by atoms with Crippen molar-refractivity contribution in [1.82, 2.24) is 4.90 Å². The van der Waals surface area contributed by atoms with Crippen molar-refractivity contribution in [3.63, 3.8) is 0 Å². The highest BCUT2D eigenvalue weighted by atomic mass is 19.1. The number of furan rings is 1. The number of fused-ring (bicyclic) bond motifs is 5. The lowest BCUT2D eigenvalue weighted by molar-refractivity contribution is -0.126. The first-order valence-corrected chi connectivity index (χ1v) is 12.9. The van der Waals surface area contributed by atoms with Gasteiger partial charge in [0.05, 0.1) is 36.0 Å². The van der Waals surface area contributed by atoms with Crippen LogP contribution >= 0.6 is 0 Å². The molecule has 2 aliphatic heterocycles. The maximum Gasteiger partial charge on any atom is 0.291 e. The SMILES string of the molecule is Cc1cc2oc3c(c(=O)c2cc1C)C1(C(=O)N(Cc2ccccc2F)c2ccccc21)N(Cc1ccco1)C3=O. The van der Waals surface area contributed by atoms with Crippen LogP contribution in [-0.2, 0) is 23.4 Å². The van der Waals surface area contributed by atoms with E-state index >= 15 is 0 Å². The zero-order chi connectivity index (χ0) is 27.8. The first kappa shape index (κ1) is 24.1. The van der Waals surface area contributed by atoms with Crippen molar-refractivity contribution in [2.75, 3.05) is 4.90 Å². The lowest BCUT2D eigenvalue weighted by atomic mass is 9.83. The van der Waals surface area contributed by atoms with Crippen LogP contribution in [0.3, 0.4) is 0 Å². The minimum Gasteiger partial charge on any atom is -0.467 e. The molecule has 1 spiro atoms. The van der Waals surface area contributed by atoms with Gasteiger partial charge in [0.25, 0.3) is 11.8 Å². The van der Waals surface area contributed by atoms with E-state index in [1.807, 2.05) is 13.8 Å². The van der Waals surface area contributed by atoms with Crippen LogP contribution in [0.25, 0.3) is 11.0 Å². The van der Waals surface area contributed by atoms with Crippen LogP contribution in [0.15, 0.2) is 92.7 Å². The van der Waals surface area contributed by atoms with Crippen molar-refractivity contribution < 1.29 is 22.8 Å². The van der Waals surface area contributed by atoms with Gasteiger partial charge in [-0.1, -0.05) is 36.4 Å². The Bertz CT molecular complexity index is 1930. The lowest BCUT2D eigenvalue weighted by Gasteiger charge is -2.33. The molecule has 0 saturated carbocycles. The highest BCUT2D eigenvalue weighted by molar-refractivity contribution is 6.17. The molecule has 2 aliphatic rings. The number of carbonyl (C=O) groups excluding carboxylic acids is 2. The number of anilines is 1. The number of para-hydroxylation sites is 1. The van der Waals surface area contributed by atoms with E-state index in [9.17, 15) is 18.8 Å². The summed E-state index contributed by atoms with van der Waals surface area (Å²) in [6.07, 6.45) is 1.48. The van der Waals surface area contributed by atoms with Gasteiger partial charge >= 0.3 is 0 Å². The van der Waals surface area contributed by atoms with E-state index in [2.05, 4.69) is 0 Å². The number of amides is 2. The average Bonchev–Trinajstić information content (AvgIpc) is 3.61. The summed E-state index contributed by atoms with van der Waals surface area (Å²) in [4.78, 5) is 46.0. The molecule has 7 rings (SSSR count). The quantitative estimate of drug-likeness (QED) is 0.300. The van der Waals surface area contributed by atoms with Gasteiger partial charge in [0.1, 0.15) is 17.2 Å². The van der Waals surface area contributed by atoms with Crippen LogP contribution in [0.4, 0.5) is 10.1 Å². The first-order chi connectivity index (χ1) is 19.3. The summed E-state index contributed by atoms with van der Waals surface area (Å²) in [5, 5.41) is 0.284. The second-order valence-electron chi connectivity index (χ2n) is 10.2. The summed E-state index contributed by atoms with van der Waals surface area (Å²) in [5.41, 5.74) is 0.990. The van der Waals surface area contributed by atoms with Gasteiger partial charge < -0.3 is 18.6 Å². The van der Waals surface area contributed by atoms with E-state index in [1.165, 1.54) is 22.1 Å². The van der Waals surface area contributed by atoms with Crippen molar-refractivity contribution in [1.29, 1.82) is 0 Å². The van der Waals surface area contributed by atoms with Crippen LogP contribution in [0.1, 0.15) is 44.1 Å². The van der Waals surface area contributed by atoms with Gasteiger partial charge in [-0.3, -0.25) is 14.4 Å². The van der Waals surface area contributed by atoms with E-state index in [0.717, 1.165) is 11.1 Å². The van der Waals surface area contributed by atoms with Gasteiger partial charge in [0, 0.05) is 11.1 Å². The van der Waals surface area contributed by atoms with Crippen LogP contribution in [0, 0.1) is 19.7 Å². The number of rotatable bonds is 4. The monoisotopic (exact) mass is 534 g/mol. The topological polar surface area (TPSA) is 84.0 Å². The fourth-order valence-electron chi connectivity index (χ4n) is 5.98. The molecule has 0 fully saturated rings. The van der Waals surface area contributed by atoms with E-state index in [4.69, 9.17) is 8.83 Å². The predicted octanol–water partition coefficient (Wildman–Crippen LogP) is 5.59. The average molecular weight is 535 g/mol. The predicted molar refractivity (Wildman–Crippen MR) is 145 cm³/mol. The Kier molecular flexibility index (Phi) is 5.12. The molecule has 4 heterocycles. The molecule has 0 bridgehead atoms. The molecule has 7 nitrogen and oxygen atoms in total. The third kappa shape index (κ3) is 3.13. The van der Waals surface area contributed by atoms with Crippen molar-refractivity contribution in [2.45, 2.75) is 32.5 Å². The molecule has 0 radical (unpaired) electrons. The van der Waals surface area contributed by atoms with E-state index < -0.39 is 28.6 Å². The van der Waals surface area contributed by atoms with Crippen molar-refractivity contribution in [3.05, 3.63) is 134 Å². The summed E-state index contributed by atoms with van der Waals surface area (Å²) in [5.74, 6) is -1.34. The molecule has 5 aromatic rings. The molecule has 1 atom stereocenters. The van der Waals surface area contributed by atoms with Crippen LogP contribution in [-0.4, -0.2) is 16.7 Å². The molecule has 0 saturated heterocycles. The Balaban J connectivity index is 1.54. The molecule has 1 unspecified atom stereocenters. The Morgan fingerprint density at radius 2 is 1.62 bits per heavy atom. The molecule has 40 heavy (non-hydrogen) atoms. The fraction of sp³-hybridized carbons (Fsp3) is 0.156. The second kappa shape index (κ2) is 8.51. The van der Waals surface area contributed by atoms with Gasteiger partial charge in [0.2, 0.25) is 5.76 Å². The summed E-state index contributed by atoms with van der Waals surface area (Å²) >= 11 is 0. The van der Waals surface area contributed by atoms with Crippen LogP contribution < -0.4 is 10.3 Å². The number of nitrogens with zero attached hydrogens (tertiary/aromatic N) is 2. The maximum absolute atomic E-state index is 14.8. The molecule has 8 heteroatoms. The number of carbonyl (C=O) groups is 2. The number of hydrogen-bond acceptors (Lipinski definition) is 5. The molecule has 2 aromatic heterocycles. The molecule has 0 N–H and O–H groups in total. The van der Waals surface area contributed by atoms with Crippen molar-refractivity contribution in [2.24, 2.45) is 0 Å². The molecular weight excluding hydrogens is 511 g/mol. The van der Waals surface area contributed by atoms with Gasteiger partial charge in [-0.05, 0) is 61.4 Å². The van der Waals surface area contributed by atoms with Gasteiger partial charge in [-0.25, -0.2) is 4.39 Å². The van der Waals surface area contributed by atoms with Gasteiger partial charge in [-0.15, -0.1) is 0 Å². The van der Waals surface area contributed by atoms with Crippen LogP contribution in [0.2, 0.25) is 0 Å². The Labute approximate surface area is 228 Å². The van der Waals surface area contributed by atoms with Crippen molar-refractivity contribution >= 4 is 28.5 Å². The summed E-state index contributed by atoms with van der Waals surface area (Å²) in [7, 11) is 0. The minimum absolute atomic E-state index is 0.0340. The molecule has 198 valence electrons. The standard InChI is InChI=1S/C32H23FN2O5/c1-18-14-22-26(15-19(18)2)40-29-27(28(22)36)32(35(30(29)37)17-21-9-7-13-39-21)23-10-4-6-12-25(23)34(31(32)38)16-20-8-3-5-11-24(20)33/h3-15H,16-17H2,1-2H3. The number of aryl methyl sites for hydroxylation is 2. The van der Waals surface area contributed by atoms with Gasteiger partial charge in [0.15, 0.2) is 11.0 Å². The number of halogens is 1. The summed E-state index contributed by atoms with van der Waals surface area (Å²) < 4.78 is 26.5. The lowest BCUT2D eigenvalue weighted by Crippen LogP contribution is -2.52. The Morgan fingerprint density at radius 1 is 0.875 bits per heavy atom. The van der Waals surface area contributed by atoms with Crippen molar-refractivity contribution in [3.8, 4) is 0 Å². The fourth-order valence-corrected chi connectivity index (χ4v) is 5.98. The molecule has 3 aromatic carbocycles. The van der Waals surface area contributed by atoms with E-state index in [-0.39, 0.29) is 35.4 Å². The summed E-state index contributed by atoms with van der Waals surface area (Å²) in [6, 6.07) is 20.1. The summed E-state index contributed by atoms with van der Waals surface area (Å²) in [6.45, 7) is 3.61. The Morgan fingerprint density at radius 3 is 2.40 bits per heavy atom. The number of hydrogen-bond donors (Lipinski definition) is 0. The zero-order valence-corrected chi connectivity index (χ0v) is 21.7. The molecule has 0 aliphatic carbocycles. The second-order valence-corrected chi connectivity index (χ2v) is 10.2. The zero-order valence-electron chi connectivity index (χ0n) is 21.7. The smallest absolute Gasteiger partial charge is 0.291 e.